The fourth-order valence-corrected chi connectivity index (χ4v) is 7.41. The van der Waals surface area contributed by atoms with E-state index < -0.39 is 5.97 Å². The predicted octanol–water partition coefficient (Wildman–Crippen LogP) is 6.97. The van der Waals surface area contributed by atoms with Crippen LogP contribution in [0.2, 0.25) is 0 Å². The lowest BCUT2D eigenvalue weighted by Crippen LogP contribution is -2.59. The molecular formula is C29H42N2O2. The van der Waals surface area contributed by atoms with Gasteiger partial charge in [0.05, 0.1) is 6.42 Å². The lowest BCUT2D eigenvalue weighted by molar-refractivity contribution is -0.136. The van der Waals surface area contributed by atoms with Gasteiger partial charge in [-0.25, -0.2) is 0 Å². The molecular weight excluding hydrogens is 408 g/mol. The Kier molecular flexibility index (Phi) is 7.10. The van der Waals surface area contributed by atoms with Gasteiger partial charge in [0, 0.05) is 41.3 Å². The summed E-state index contributed by atoms with van der Waals surface area (Å²) in [7, 11) is 0. The lowest BCUT2D eigenvalue weighted by Gasteiger charge is -2.55. The first-order valence-corrected chi connectivity index (χ1v) is 13.7. The standard InChI is InChI=1S/C29H42N2O2/c1-21-15-16-24-18-25(30-20-22(17-29(32)33)26-13-9-10-14-27(26)30)19-28(21)31(24)23-11-7-5-3-2-4-6-8-12-23/h9-10,13-14,20-21,23-25,28H,2-8,11-12,15-19H2,1H3,(H,32,33)/t21-,24+,25-,28+/m0/s1. The van der Waals surface area contributed by atoms with E-state index in [0.29, 0.717) is 18.1 Å². The Morgan fingerprint density at radius 3 is 2.30 bits per heavy atom. The molecule has 3 fully saturated rings. The number of carboxylic acid groups (broad SMARTS) is 1. The molecule has 0 spiro atoms. The Hall–Kier alpha value is -1.81. The maximum absolute atomic E-state index is 11.5. The third kappa shape index (κ3) is 4.87. The number of nitrogens with zero attached hydrogens (tertiary/aromatic N) is 2. The van der Waals surface area contributed by atoms with Crippen LogP contribution in [-0.4, -0.2) is 38.7 Å². The van der Waals surface area contributed by atoms with E-state index in [9.17, 15) is 9.90 Å². The minimum Gasteiger partial charge on any atom is -0.481 e. The molecule has 4 heteroatoms. The summed E-state index contributed by atoms with van der Waals surface area (Å²) < 4.78 is 2.45. The van der Waals surface area contributed by atoms with Gasteiger partial charge in [0.1, 0.15) is 0 Å². The Bertz CT molecular complexity index is 940. The van der Waals surface area contributed by atoms with Crippen molar-refractivity contribution in [3.63, 3.8) is 0 Å². The summed E-state index contributed by atoms with van der Waals surface area (Å²) >= 11 is 0. The maximum atomic E-state index is 11.5. The second kappa shape index (κ2) is 10.2. The van der Waals surface area contributed by atoms with Crippen LogP contribution in [0.4, 0.5) is 0 Å². The monoisotopic (exact) mass is 450 g/mol. The normalized spacial score (nSPS) is 30.3. The summed E-state index contributed by atoms with van der Waals surface area (Å²) in [5, 5.41) is 10.6. The number of carboxylic acids is 1. The molecule has 4 atom stereocenters. The Morgan fingerprint density at radius 2 is 1.58 bits per heavy atom. The molecule has 2 aromatic rings. The molecule has 0 amide bonds. The van der Waals surface area contributed by atoms with Crippen molar-refractivity contribution in [2.45, 2.75) is 121 Å². The van der Waals surface area contributed by atoms with Gasteiger partial charge in [-0.05, 0) is 56.1 Å². The van der Waals surface area contributed by atoms with E-state index in [4.69, 9.17) is 0 Å². The fraction of sp³-hybridized carbons (Fsp3) is 0.690. The highest BCUT2D eigenvalue weighted by Crippen LogP contribution is 2.45. The first-order valence-electron chi connectivity index (χ1n) is 13.7. The zero-order chi connectivity index (χ0) is 22.8. The minimum atomic E-state index is -0.741. The van der Waals surface area contributed by atoms with Crippen LogP contribution >= 0.6 is 0 Å². The third-order valence-corrected chi connectivity index (χ3v) is 9.03. The van der Waals surface area contributed by atoms with Crippen molar-refractivity contribution in [3.8, 4) is 0 Å². The fourth-order valence-electron chi connectivity index (χ4n) is 7.41. The number of fused-ring (bicyclic) bond motifs is 3. The van der Waals surface area contributed by atoms with Gasteiger partial charge in [-0.3, -0.25) is 9.69 Å². The number of hydrogen-bond acceptors (Lipinski definition) is 2. The van der Waals surface area contributed by atoms with E-state index in [-0.39, 0.29) is 6.42 Å². The van der Waals surface area contributed by atoms with Crippen molar-refractivity contribution in [1.29, 1.82) is 0 Å². The third-order valence-electron chi connectivity index (χ3n) is 9.03. The van der Waals surface area contributed by atoms with E-state index in [1.165, 1.54) is 89.0 Å². The molecule has 0 radical (unpaired) electrons. The van der Waals surface area contributed by atoms with Gasteiger partial charge in [-0.15, -0.1) is 0 Å². The minimum absolute atomic E-state index is 0.109. The van der Waals surface area contributed by atoms with Crippen LogP contribution < -0.4 is 0 Å². The Balaban J connectivity index is 1.41. The molecule has 4 nitrogen and oxygen atoms in total. The molecule has 2 bridgehead atoms. The van der Waals surface area contributed by atoms with Crippen molar-refractivity contribution >= 4 is 16.9 Å². The zero-order valence-electron chi connectivity index (χ0n) is 20.4. The van der Waals surface area contributed by atoms with Crippen LogP contribution in [-0.2, 0) is 11.2 Å². The maximum Gasteiger partial charge on any atom is 0.307 e. The van der Waals surface area contributed by atoms with Crippen molar-refractivity contribution in [2.75, 3.05) is 0 Å². The predicted molar refractivity (Wildman–Crippen MR) is 135 cm³/mol. The molecule has 3 aliphatic rings. The van der Waals surface area contributed by atoms with Crippen LogP contribution in [0.15, 0.2) is 30.5 Å². The number of aromatic nitrogens is 1. The average Bonchev–Trinajstić information content (AvgIpc) is 3.17. The molecule has 5 rings (SSSR count). The van der Waals surface area contributed by atoms with E-state index in [1.807, 2.05) is 6.07 Å². The van der Waals surface area contributed by atoms with Crippen LogP contribution in [0.5, 0.6) is 0 Å². The molecule has 1 aliphatic carbocycles. The molecule has 2 saturated heterocycles. The van der Waals surface area contributed by atoms with Gasteiger partial charge < -0.3 is 9.67 Å². The van der Waals surface area contributed by atoms with Crippen molar-refractivity contribution in [3.05, 3.63) is 36.0 Å². The highest BCUT2D eigenvalue weighted by Gasteiger charge is 2.44. The highest BCUT2D eigenvalue weighted by atomic mass is 16.4. The average molecular weight is 451 g/mol. The molecule has 33 heavy (non-hydrogen) atoms. The summed E-state index contributed by atoms with van der Waals surface area (Å²) in [6.07, 6.45) is 20.1. The summed E-state index contributed by atoms with van der Waals surface area (Å²) in [4.78, 5) is 14.5. The van der Waals surface area contributed by atoms with Crippen LogP contribution in [0.3, 0.4) is 0 Å². The number of carbonyl (C=O) groups is 1. The van der Waals surface area contributed by atoms with Crippen LogP contribution in [0, 0.1) is 5.92 Å². The summed E-state index contributed by atoms with van der Waals surface area (Å²) in [5.41, 5.74) is 2.18. The summed E-state index contributed by atoms with van der Waals surface area (Å²) in [6.45, 7) is 2.49. The second-order valence-electron chi connectivity index (χ2n) is 11.2. The number of para-hydroxylation sites is 1. The summed E-state index contributed by atoms with van der Waals surface area (Å²) in [5.74, 6) is 0.00832. The van der Waals surface area contributed by atoms with Crippen molar-refractivity contribution in [2.24, 2.45) is 5.92 Å². The topological polar surface area (TPSA) is 45.5 Å². The van der Waals surface area contributed by atoms with Crippen LogP contribution in [0.1, 0.15) is 102 Å². The number of hydrogen-bond donors (Lipinski definition) is 1. The molecule has 0 unspecified atom stereocenters. The first-order chi connectivity index (χ1) is 16.1. The zero-order valence-corrected chi connectivity index (χ0v) is 20.4. The van der Waals surface area contributed by atoms with E-state index in [2.05, 4.69) is 40.8 Å². The molecule has 1 aromatic heterocycles. The molecule has 180 valence electrons. The van der Waals surface area contributed by atoms with Gasteiger partial charge in [0.2, 0.25) is 0 Å². The van der Waals surface area contributed by atoms with E-state index in [1.54, 1.807) is 0 Å². The van der Waals surface area contributed by atoms with Gasteiger partial charge >= 0.3 is 5.97 Å². The first kappa shape index (κ1) is 23.0. The quantitative estimate of drug-likeness (QED) is 0.547. The molecule has 1 saturated carbocycles. The Labute approximate surface area is 199 Å². The number of rotatable bonds is 4. The largest absolute Gasteiger partial charge is 0.481 e. The van der Waals surface area contributed by atoms with Crippen molar-refractivity contribution in [1.82, 2.24) is 9.47 Å². The van der Waals surface area contributed by atoms with Gasteiger partial charge in [-0.1, -0.05) is 70.1 Å². The summed E-state index contributed by atoms with van der Waals surface area (Å²) in [6, 6.07) is 11.0. The van der Waals surface area contributed by atoms with Crippen molar-refractivity contribution < 1.29 is 9.90 Å². The van der Waals surface area contributed by atoms with Gasteiger partial charge in [-0.2, -0.15) is 0 Å². The highest BCUT2D eigenvalue weighted by molar-refractivity contribution is 5.87. The van der Waals surface area contributed by atoms with Gasteiger partial charge in [0.15, 0.2) is 0 Å². The molecule has 1 N–H and O–H groups in total. The smallest absolute Gasteiger partial charge is 0.307 e. The molecule has 2 aliphatic heterocycles. The number of piperidine rings is 2. The van der Waals surface area contributed by atoms with Gasteiger partial charge in [0.25, 0.3) is 0 Å². The molecule has 3 heterocycles. The Morgan fingerprint density at radius 1 is 0.879 bits per heavy atom. The van der Waals surface area contributed by atoms with E-state index in [0.717, 1.165) is 22.9 Å². The second-order valence-corrected chi connectivity index (χ2v) is 11.2. The molecule has 1 aromatic carbocycles. The van der Waals surface area contributed by atoms with E-state index >= 15 is 0 Å². The lowest BCUT2D eigenvalue weighted by atomic mass is 9.74. The SMILES string of the molecule is C[C@H]1CC[C@@H]2C[C@H](n3cc(CC(=O)O)c4ccccc43)C[C@H]1N2C1CCCCCCCCC1. The number of benzene rings is 1. The van der Waals surface area contributed by atoms with Crippen LogP contribution in [0.25, 0.3) is 10.9 Å². The number of aliphatic carboxylic acids is 1.